The van der Waals surface area contributed by atoms with Gasteiger partial charge in [0.05, 0.1) is 0 Å². The number of H-pyrrole nitrogens is 1. The minimum atomic E-state index is 0.610. The molecule has 0 aromatic carbocycles. The lowest BCUT2D eigenvalue weighted by Gasteiger charge is -1.87. The molecular formula is C9H10BrN3O. The molecule has 5 heteroatoms. The standard InChI is InChI=1S/C9H10BrN3O/c1-2-3-8-11-9(13-12-8)6-4-5-7(10)14-6/h4-5H,2-3H2,1H3,(H,11,12,13). The molecule has 0 saturated heterocycles. The summed E-state index contributed by atoms with van der Waals surface area (Å²) in [5, 5.41) is 6.95. The third-order valence-corrected chi connectivity index (χ3v) is 2.24. The number of nitrogens with zero attached hydrogens (tertiary/aromatic N) is 2. The van der Waals surface area contributed by atoms with Gasteiger partial charge in [-0.25, -0.2) is 4.98 Å². The second-order valence-corrected chi connectivity index (χ2v) is 3.74. The van der Waals surface area contributed by atoms with E-state index in [2.05, 4.69) is 38.0 Å². The molecule has 0 aliphatic carbocycles. The number of furan rings is 1. The number of aromatic amines is 1. The third-order valence-electron chi connectivity index (χ3n) is 1.81. The highest BCUT2D eigenvalue weighted by atomic mass is 79.9. The molecule has 1 N–H and O–H groups in total. The van der Waals surface area contributed by atoms with E-state index in [-0.39, 0.29) is 0 Å². The van der Waals surface area contributed by atoms with Gasteiger partial charge in [0, 0.05) is 6.42 Å². The average molecular weight is 256 g/mol. The molecule has 0 radical (unpaired) electrons. The number of halogens is 1. The van der Waals surface area contributed by atoms with Crippen LogP contribution in [0.5, 0.6) is 0 Å². The molecular weight excluding hydrogens is 246 g/mol. The smallest absolute Gasteiger partial charge is 0.216 e. The highest BCUT2D eigenvalue weighted by Gasteiger charge is 2.08. The Morgan fingerprint density at radius 1 is 1.50 bits per heavy atom. The highest BCUT2D eigenvalue weighted by molar-refractivity contribution is 9.10. The zero-order valence-corrected chi connectivity index (χ0v) is 9.34. The molecule has 2 aromatic heterocycles. The van der Waals surface area contributed by atoms with Gasteiger partial charge in [-0.15, -0.1) is 0 Å². The minimum absolute atomic E-state index is 0.610. The largest absolute Gasteiger partial charge is 0.446 e. The van der Waals surface area contributed by atoms with Crippen LogP contribution in [-0.4, -0.2) is 15.2 Å². The minimum Gasteiger partial charge on any atom is -0.446 e. The first-order valence-electron chi connectivity index (χ1n) is 4.46. The summed E-state index contributed by atoms with van der Waals surface area (Å²) in [4.78, 5) is 4.30. The van der Waals surface area contributed by atoms with Crippen LogP contribution < -0.4 is 0 Å². The normalized spacial score (nSPS) is 10.7. The van der Waals surface area contributed by atoms with Crippen molar-refractivity contribution in [2.24, 2.45) is 0 Å². The molecule has 2 heterocycles. The van der Waals surface area contributed by atoms with E-state index < -0.39 is 0 Å². The van der Waals surface area contributed by atoms with E-state index in [0.717, 1.165) is 18.7 Å². The fourth-order valence-electron chi connectivity index (χ4n) is 1.19. The Balaban J connectivity index is 2.24. The molecule has 14 heavy (non-hydrogen) atoms. The van der Waals surface area contributed by atoms with Crippen molar-refractivity contribution < 1.29 is 4.42 Å². The number of aryl methyl sites for hydroxylation is 1. The van der Waals surface area contributed by atoms with Crippen molar-refractivity contribution in [3.8, 4) is 11.6 Å². The number of aromatic nitrogens is 3. The molecule has 0 aliphatic heterocycles. The molecule has 2 rings (SSSR count). The predicted octanol–water partition coefficient (Wildman–Crippen LogP) is 2.78. The fourth-order valence-corrected chi connectivity index (χ4v) is 1.50. The lowest BCUT2D eigenvalue weighted by Crippen LogP contribution is -1.84. The van der Waals surface area contributed by atoms with Crippen LogP contribution in [0.4, 0.5) is 0 Å². The van der Waals surface area contributed by atoms with E-state index >= 15 is 0 Å². The Labute approximate surface area is 89.9 Å². The third kappa shape index (κ3) is 1.87. The maximum Gasteiger partial charge on any atom is 0.216 e. The van der Waals surface area contributed by atoms with E-state index in [1.54, 1.807) is 0 Å². The molecule has 0 fully saturated rings. The molecule has 0 atom stereocenters. The van der Waals surface area contributed by atoms with Crippen molar-refractivity contribution >= 4 is 15.9 Å². The van der Waals surface area contributed by atoms with Gasteiger partial charge >= 0.3 is 0 Å². The van der Waals surface area contributed by atoms with Gasteiger partial charge in [0.25, 0.3) is 0 Å². The molecule has 2 aromatic rings. The van der Waals surface area contributed by atoms with Crippen molar-refractivity contribution in [1.82, 2.24) is 15.2 Å². The molecule has 0 spiro atoms. The number of hydrogen-bond acceptors (Lipinski definition) is 3. The SMILES string of the molecule is CCCc1nc(-c2ccc(Br)o2)n[nH]1. The van der Waals surface area contributed by atoms with E-state index in [1.165, 1.54) is 0 Å². The summed E-state index contributed by atoms with van der Waals surface area (Å²) in [6.45, 7) is 2.10. The van der Waals surface area contributed by atoms with Gasteiger partial charge < -0.3 is 4.42 Å². The van der Waals surface area contributed by atoms with E-state index in [0.29, 0.717) is 16.3 Å². The van der Waals surface area contributed by atoms with Gasteiger partial charge in [-0.2, -0.15) is 5.10 Å². The molecule has 0 unspecified atom stereocenters. The zero-order chi connectivity index (χ0) is 9.97. The summed E-state index contributed by atoms with van der Waals surface area (Å²) in [6, 6.07) is 3.66. The van der Waals surface area contributed by atoms with Crippen LogP contribution >= 0.6 is 15.9 Å². The summed E-state index contributed by atoms with van der Waals surface area (Å²) < 4.78 is 6.02. The Kier molecular flexibility index (Phi) is 2.67. The van der Waals surface area contributed by atoms with Crippen molar-refractivity contribution in [3.05, 3.63) is 22.6 Å². The van der Waals surface area contributed by atoms with Crippen molar-refractivity contribution in [2.45, 2.75) is 19.8 Å². The number of hydrogen-bond donors (Lipinski definition) is 1. The van der Waals surface area contributed by atoms with Crippen LogP contribution in [0.3, 0.4) is 0 Å². The monoisotopic (exact) mass is 255 g/mol. The lowest BCUT2D eigenvalue weighted by atomic mass is 10.3. The van der Waals surface area contributed by atoms with E-state index in [1.807, 2.05) is 12.1 Å². The number of nitrogens with one attached hydrogen (secondary N) is 1. The van der Waals surface area contributed by atoms with E-state index in [9.17, 15) is 0 Å². The van der Waals surface area contributed by atoms with Gasteiger partial charge in [-0.05, 0) is 34.5 Å². The summed E-state index contributed by atoms with van der Waals surface area (Å²) in [5.41, 5.74) is 0. The van der Waals surface area contributed by atoms with Crippen LogP contribution in [0.15, 0.2) is 21.2 Å². The number of rotatable bonds is 3. The molecule has 0 bridgehead atoms. The van der Waals surface area contributed by atoms with Crippen molar-refractivity contribution in [3.63, 3.8) is 0 Å². The van der Waals surface area contributed by atoms with Crippen molar-refractivity contribution in [1.29, 1.82) is 0 Å². The lowest BCUT2D eigenvalue weighted by molar-refractivity contribution is 0.551. The highest BCUT2D eigenvalue weighted by Crippen LogP contribution is 2.21. The van der Waals surface area contributed by atoms with Crippen LogP contribution in [0.1, 0.15) is 19.2 Å². The summed E-state index contributed by atoms with van der Waals surface area (Å²) in [7, 11) is 0. The second-order valence-electron chi connectivity index (χ2n) is 2.96. The Morgan fingerprint density at radius 2 is 2.36 bits per heavy atom. The maximum atomic E-state index is 5.33. The Bertz CT molecular complexity index is 421. The first-order chi connectivity index (χ1) is 6.79. The molecule has 0 amide bonds. The fraction of sp³-hybridized carbons (Fsp3) is 0.333. The summed E-state index contributed by atoms with van der Waals surface area (Å²) in [5.74, 6) is 2.18. The van der Waals surface area contributed by atoms with Gasteiger partial charge in [-0.3, -0.25) is 5.10 Å². The van der Waals surface area contributed by atoms with Gasteiger partial charge in [0.2, 0.25) is 5.82 Å². The van der Waals surface area contributed by atoms with Gasteiger partial charge in [-0.1, -0.05) is 6.92 Å². The summed E-state index contributed by atoms with van der Waals surface area (Å²) in [6.07, 6.45) is 1.96. The van der Waals surface area contributed by atoms with E-state index in [4.69, 9.17) is 4.42 Å². The van der Waals surface area contributed by atoms with Crippen LogP contribution in [-0.2, 0) is 6.42 Å². The Hall–Kier alpha value is -1.10. The Morgan fingerprint density at radius 3 is 3.00 bits per heavy atom. The molecule has 4 nitrogen and oxygen atoms in total. The maximum absolute atomic E-state index is 5.33. The molecule has 74 valence electrons. The van der Waals surface area contributed by atoms with Gasteiger partial charge in [0.1, 0.15) is 5.82 Å². The molecule has 0 saturated carbocycles. The molecule has 0 aliphatic rings. The predicted molar refractivity (Wildman–Crippen MR) is 55.8 cm³/mol. The second kappa shape index (κ2) is 3.96. The van der Waals surface area contributed by atoms with Crippen LogP contribution in [0.2, 0.25) is 0 Å². The first kappa shape index (κ1) is 9.45. The van der Waals surface area contributed by atoms with Crippen LogP contribution in [0.25, 0.3) is 11.6 Å². The first-order valence-corrected chi connectivity index (χ1v) is 5.26. The average Bonchev–Trinajstić information content (AvgIpc) is 2.74. The van der Waals surface area contributed by atoms with Crippen molar-refractivity contribution in [2.75, 3.05) is 0 Å². The van der Waals surface area contributed by atoms with Crippen LogP contribution in [0, 0.1) is 0 Å². The quantitative estimate of drug-likeness (QED) is 0.918. The van der Waals surface area contributed by atoms with Gasteiger partial charge in [0.15, 0.2) is 10.4 Å². The topological polar surface area (TPSA) is 54.7 Å². The zero-order valence-electron chi connectivity index (χ0n) is 7.75. The summed E-state index contributed by atoms with van der Waals surface area (Å²) >= 11 is 3.23.